The molecule has 3 aromatic heterocycles. The first-order chi connectivity index (χ1) is 14.6. The van der Waals surface area contributed by atoms with E-state index in [1.807, 2.05) is 0 Å². The molecule has 3 rings (SSSR count). The Hall–Kier alpha value is -3.90. The average Bonchev–Trinajstić information content (AvgIpc) is 2.68. The largest absolute Gasteiger partial charge is 0.432 e. The Morgan fingerprint density at radius 1 is 1.10 bits per heavy atom. The number of halogens is 4. The van der Waals surface area contributed by atoms with Crippen LogP contribution in [0.4, 0.5) is 34.9 Å². The smallest absolute Gasteiger partial charge is 0.387 e. The lowest BCUT2D eigenvalue weighted by Crippen LogP contribution is -2.13. The second-order valence-electron chi connectivity index (χ2n) is 6.20. The molecular weight excluding hydrogens is 422 g/mol. The van der Waals surface area contributed by atoms with Gasteiger partial charge in [-0.25, -0.2) is 24.9 Å². The summed E-state index contributed by atoms with van der Waals surface area (Å²) in [5.41, 5.74) is 0.534. The van der Waals surface area contributed by atoms with E-state index in [4.69, 9.17) is 0 Å². The van der Waals surface area contributed by atoms with Crippen LogP contribution in [0.2, 0.25) is 0 Å². The van der Waals surface area contributed by atoms with Crippen LogP contribution < -0.4 is 15.4 Å². The molecule has 0 radical (unpaired) electrons. The van der Waals surface area contributed by atoms with Crippen LogP contribution >= 0.6 is 0 Å². The fourth-order valence-electron chi connectivity index (χ4n) is 2.38. The normalized spacial score (nSPS) is 11.3. The maximum absolute atomic E-state index is 13.6. The minimum absolute atomic E-state index is 0.0328. The summed E-state index contributed by atoms with van der Waals surface area (Å²) in [5.74, 6) is -4.32. The molecule has 162 valence electrons. The van der Waals surface area contributed by atoms with Crippen molar-refractivity contribution in [2.45, 2.75) is 26.4 Å². The van der Waals surface area contributed by atoms with Gasteiger partial charge in [0.2, 0.25) is 11.7 Å². The van der Waals surface area contributed by atoms with E-state index in [1.165, 1.54) is 25.3 Å². The van der Waals surface area contributed by atoms with Crippen molar-refractivity contribution in [3.63, 3.8) is 0 Å². The van der Waals surface area contributed by atoms with E-state index in [2.05, 4.69) is 40.3 Å². The molecule has 9 nitrogen and oxygen atoms in total. The highest BCUT2D eigenvalue weighted by molar-refractivity contribution is 5.89. The van der Waals surface area contributed by atoms with Gasteiger partial charge in [0.15, 0.2) is 11.6 Å². The van der Waals surface area contributed by atoms with Gasteiger partial charge in [0, 0.05) is 32.3 Å². The fraction of sp³-hybridized carbons (Fsp3) is 0.222. The van der Waals surface area contributed by atoms with Gasteiger partial charge in [0.05, 0.1) is 23.6 Å². The molecule has 0 aliphatic rings. The van der Waals surface area contributed by atoms with E-state index in [-0.39, 0.29) is 40.4 Å². The number of rotatable bonds is 7. The summed E-state index contributed by atoms with van der Waals surface area (Å²) in [7, 11) is 0. The van der Waals surface area contributed by atoms with Crippen molar-refractivity contribution in [2.75, 3.05) is 10.6 Å². The zero-order chi connectivity index (χ0) is 22.6. The van der Waals surface area contributed by atoms with Crippen molar-refractivity contribution in [3.8, 4) is 17.1 Å². The lowest BCUT2D eigenvalue weighted by Gasteiger charge is -2.14. The molecule has 1 amide bonds. The monoisotopic (exact) mass is 437 g/mol. The summed E-state index contributed by atoms with van der Waals surface area (Å²) < 4.78 is 56.0. The van der Waals surface area contributed by atoms with Gasteiger partial charge in [0.25, 0.3) is 0 Å². The third-order valence-electron chi connectivity index (χ3n) is 3.61. The predicted molar refractivity (Wildman–Crippen MR) is 101 cm³/mol. The van der Waals surface area contributed by atoms with Gasteiger partial charge in [-0.2, -0.15) is 17.6 Å². The summed E-state index contributed by atoms with van der Waals surface area (Å²) in [5, 5.41) is 5.33. The number of carbonyl (C=O) groups is 1. The Labute approximate surface area is 173 Å². The molecule has 0 aliphatic carbocycles. The summed E-state index contributed by atoms with van der Waals surface area (Å²) >= 11 is 0. The number of pyridine rings is 1. The predicted octanol–water partition coefficient (Wildman–Crippen LogP) is 3.74. The first-order valence-corrected chi connectivity index (χ1v) is 8.65. The first-order valence-electron chi connectivity index (χ1n) is 8.65. The zero-order valence-corrected chi connectivity index (χ0v) is 16.1. The van der Waals surface area contributed by atoms with Crippen molar-refractivity contribution >= 4 is 23.2 Å². The number of hydrogen-bond donors (Lipinski definition) is 2. The first kappa shape index (κ1) is 21.8. The minimum atomic E-state index is -3.26. The third kappa shape index (κ3) is 5.81. The Bertz CT molecular complexity index is 1080. The second kappa shape index (κ2) is 8.85. The highest BCUT2D eigenvalue weighted by atomic mass is 19.3. The zero-order valence-electron chi connectivity index (χ0n) is 16.1. The van der Waals surface area contributed by atoms with E-state index in [1.54, 1.807) is 0 Å². The maximum Gasteiger partial charge on any atom is 0.387 e. The molecule has 0 saturated carbocycles. The topological polar surface area (TPSA) is 115 Å². The summed E-state index contributed by atoms with van der Waals surface area (Å²) in [4.78, 5) is 30.7. The number of hydrogen-bond acceptors (Lipinski definition) is 8. The third-order valence-corrected chi connectivity index (χ3v) is 3.61. The molecule has 31 heavy (non-hydrogen) atoms. The number of aromatic nitrogens is 5. The van der Waals surface area contributed by atoms with Crippen LogP contribution in [-0.2, 0) is 10.7 Å². The molecule has 3 heterocycles. The van der Waals surface area contributed by atoms with Crippen LogP contribution in [0.15, 0.2) is 36.9 Å². The quantitative estimate of drug-likeness (QED) is 0.537. The Morgan fingerprint density at radius 3 is 2.42 bits per heavy atom. The molecule has 0 fully saturated rings. The van der Waals surface area contributed by atoms with Gasteiger partial charge in [-0.05, 0) is 6.07 Å². The molecule has 0 bridgehead atoms. The molecule has 0 saturated heterocycles. The highest BCUT2D eigenvalue weighted by Gasteiger charge is 2.28. The number of ether oxygens (including phenoxy) is 1. The van der Waals surface area contributed by atoms with Crippen LogP contribution in [-0.4, -0.2) is 37.4 Å². The molecule has 0 aliphatic heterocycles. The second-order valence-corrected chi connectivity index (χ2v) is 6.20. The number of amides is 1. The van der Waals surface area contributed by atoms with Crippen LogP contribution in [0.3, 0.4) is 0 Å². The Balaban J connectivity index is 1.99. The van der Waals surface area contributed by atoms with Crippen LogP contribution in [0.25, 0.3) is 11.4 Å². The molecule has 0 atom stereocenters. The van der Waals surface area contributed by atoms with Crippen molar-refractivity contribution < 1.29 is 27.1 Å². The van der Waals surface area contributed by atoms with Gasteiger partial charge < -0.3 is 15.4 Å². The number of anilines is 3. The summed E-state index contributed by atoms with van der Waals surface area (Å²) in [6.07, 6.45) is 4.55. The van der Waals surface area contributed by atoms with Gasteiger partial charge in [0.1, 0.15) is 11.6 Å². The summed E-state index contributed by atoms with van der Waals surface area (Å²) in [6.45, 7) is -1.09. The van der Waals surface area contributed by atoms with Crippen LogP contribution in [0, 0.1) is 0 Å². The molecule has 2 N–H and O–H groups in total. The minimum Gasteiger partial charge on any atom is -0.432 e. The number of alkyl halides is 4. The number of carbonyl (C=O) groups excluding carboxylic acids is 1. The standard InChI is InChI=1S/C18H15F4N7O2/c1-9(30)27-14-5-12(28-13-3-4-23-16(29-13)18(2,21)22)11(8-24-14)15-25-6-10(7-26-15)31-17(19)20/h3-8,17H,1-2H3,(H2,23,24,27,28,29,30). The van der Waals surface area contributed by atoms with Crippen molar-refractivity contribution in [1.82, 2.24) is 24.9 Å². The van der Waals surface area contributed by atoms with Crippen LogP contribution in [0.5, 0.6) is 5.75 Å². The van der Waals surface area contributed by atoms with E-state index >= 15 is 0 Å². The Morgan fingerprint density at radius 2 is 1.81 bits per heavy atom. The van der Waals surface area contributed by atoms with E-state index < -0.39 is 18.4 Å². The molecule has 3 aromatic rings. The van der Waals surface area contributed by atoms with E-state index in [0.717, 1.165) is 18.6 Å². The number of nitrogens with zero attached hydrogens (tertiary/aromatic N) is 5. The molecule has 0 spiro atoms. The Kier molecular flexibility index (Phi) is 6.22. The van der Waals surface area contributed by atoms with Gasteiger partial charge in [-0.15, -0.1) is 0 Å². The molecule has 0 unspecified atom stereocenters. The van der Waals surface area contributed by atoms with Crippen LogP contribution in [0.1, 0.15) is 19.7 Å². The summed E-state index contributed by atoms with van der Waals surface area (Å²) in [6, 6.07) is 2.77. The average molecular weight is 437 g/mol. The fourth-order valence-corrected chi connectivity index (χ4v) is 2.38. The SMILES string of the molecule is CC(=O)Nc1cc(Nc2ccnc(C(C)(F)F)n2)c(-c2ncc(OC(F)F)cn2)cn1. The van der Waals surface area contributed by atoms with Crippen molar-refractivity contribution in [3.05, 3.63) is 42.7 Å². The van der Waals surface area contributed by atoms with Gasteiger partial charge >= 0.3 is 12.5 Å². The van der Waals surface area contributed by atoms with Gasteiger partial charge in [-0.3, -0.25) is 4.79 Å². The van der Waals surface area contributed by atoms with Crippen molar-refractivity contribution in [1.29, 1.82) is 0 Å². The maximum atomic E-state index is 13.6. The molecule has 13 heteroatoms. The lowest BCUT2D eigenvalue weighted by molar-refractivity contribution is -0.114. The highest BCUT2D eigenvalue weighted by Crippen LogP contribution is 2.31. The molecular formula is C18H15F4N7O2. The van der Waals surface area contributed by atoms with Crippen molar-refractivity contribution in [2.24, 2.45) is 0 Å². The van der Waals surface area contributed by atoms with Gasteiger partial charge in [-0.1, -0.05) is 0 Å². The lowest BCUT2D eigenvalue weighted by atomic mass is 10.2. The molecule has 0 aromatic carbocycles. The van der Waals surface area contributed by atoms with E-state index in [9.17, 15) is 22.4 Å². The number of nitrogens with one attached hydrogen (secondary N) is 2. The van der Waals surface area contributed by atoms with E-state index in [0.29, 0.717) is 6.92 Å².